The summed E-state index contributed by atoms with van der Waals surface area (Å²) in [5.41, 5.74) is 1.30. The lowest BCUT2D eigenvalue weighted by Gasteiger charge is -2.19. The van der Waals surface area contributed by atoms with E-state index in [1.54, 1.807) is 24.3 Å². The van der Waals surface area contributed by atoms with E-state index in [9.17, 15) is 16.8 Å². The minimum atomic E-state index is -3.75. The zero-order chi connectivity index (χ0) is 20.6. The van der Waals surface area contributed by atoms with Crippen LogP contribution in [-0.4, -0.2) is 34.2 Å². The Morgan fingerprint density at radius 1 is 0.786 bits per heavy atom. The third kappa shape index (κ3) is 4.39. The van der Waals surface area contributed by atoms with Crippen LogP contribution < -0.4 is 4.72 Å². The summed E-state index contributed by atoms with van der Waals surface area (Å²) in [6.45, 7) is 7.24. The molecule has 0 atom stereocenters. The molecule has 1 aliphatic heterocycles. The highest BCUT2D eigenvalue weighted by Gasteiger charge is 2.27. The lowest BCUT2D eigenvalue weighted by atomic mass is 9.87. The predicted molar refractivity (Wildman–Crippen MR) is 110 cm³/mol. The van der Waals surface area contributed by atoms with Crippen LogP contribution in [0.15, 0.2) is 58.3 Å². The van der Waals surface area contributed by atoms with E-state index in [0.717, 1.165) is 18.4 Å². The summed E-state index contributed by atoms with van der Waals surface area (Å²) >= 11 is 0. The third-order valence-electron chi connectivity index (χ3n) is 4.84. The molecule has 1 fully saturated rings. The number of anilines is 1. The fraction of sp³-hybridized carbons (Fsp3) is 0.400. The molecule has 0 bridgehead atoms. The highest BCUT2D eigenvalue weighted by Crippen LogP contribution is 2.25. The third-order valence-corrected chi connectivity index (χ3v) is 8.15. The number of nitrogens with zero attached hydrogens (tertiary/aromatic N) is 1. The van der Waals surface area contributed by atoms with Gasteiger partial charge in [-0.3, -0.25) is 4.72 Å². The SMILES string of the molecule is CC(C)(C)c1ccc(S(=O)(=O)Nc2ccc(S(=O)(=O)N3CCCC3)cc2)cc1. The molecule has 2 aromatic carbocycles. The molecule has 28 heavy (non-hydrogen) atoms. The second-order valence-electron chi connectivity index (χ2n) is 8.02. The van der Waals surface area contributed by atoms with E-state index in [1.165, 1.54) is 28.6 Å². The Balaban J connectivity index is 1.77. The van der Waals surface area contributed by atoms with Gasteiger partial charge in [-0.15, -0.1) is 0 Å². The first-order valence-electron chi connectivity index (χ1n) is 9.24. The van der Waals surface area contributed by atoms with E-state index in [-0.39, 0.29) is 15.2 Å². The molecule has 0 aromatic heterocycles. The summed E-state index contributed by atoms with van der Waals surface area (Å²) in [5, 5.41) is 0. The summed E-state index contributed by atoms with van der Waals surface area (Å²) in [6.07, 6.45) is 1.73. The Morgan fingerprint density at radius 3 is 1.79 bits per heavy atom. The lowest BCUT2D eigenvalue weighted by Crippen LogP contribution is -2.27. The number of hydrogen-bond donors (Lipinski definition) is 1. The molecule has 1 N–H and O–H groups in total. The molecule has 1 aliphatic rings. The average Bonchev–Trinajstić information content (AvgIpc) is 3.17. The summed E-state index contributed by atoms with van der Waals surface area (Å²) < 4.78 is 54.3. The summed E-state index contributed by atoms with van der Waals surface area (Å²) in [5.74, 6) is 0. The zero-order valence-corrected chi connectivity index (χ0v) is 18.0. The first-order chi connectivity index (χ1) is 13.0. The van der Waals surface area contributed by atoms with Crippen molar-refractivity contribution in [2.24, 2.45) is 0 Å². The van der Waals surface area contributed by atoms with Gasteiger partial charge in [0, 0.05) is 18.8 Å². The smallest absolute Gasteiger partial charge is 0.261 e. The van der Waals surface area contributed by atoms with E-state index in [2.05, 4.69) is 25.5 Å². The number of sulfonamides is 2. The van der Waals surface area contributed by atoms with Crippen LogP contribution in [0.1, 0.15) is 39.2 Å². The van der Waals surface area contributed by atoms with Gasteiger partial charge in [-0.2, -0.15) is 4.31 Å². The predicted octanol–water partition coefficient (Wildman–Crippen LogP) is 3.57. The van der Waals surface area contributed by atoms with Crippen molar-refractivity contribution in [1.82, 2.24) is 4.31 Å². The Kier molecular flexibility index (Phi) is 5.58. The van der Waals surface area contributed by atoms with Gasteiger partial charge in [0.1, 0.15) is 0 Å². The van der Waals surface area contributed by atoms with Gasteiger partial charge in [-0.1, -0.05) is 32.9 Å². The fourth-order valence-corrected chi connectivity index (χ4v) is 5.70. The quantitative estimate of drug-likeness (QED) is 0.798. The van der Waals surface area contributed by atoms with Crippen molar-refractivity contribution in [3.05, 3.63) is 54.1 Å². The van der Waals surface area contributed by atoms with Crippen molar-refractivity contribution in [3.8, 4) is 0 Å². The molecule has 2 aromatic rings. The maximum Gasteiger partial charge on any atom is 0.261 e. The highest BCUT2D eigenvalue weighted by atomic mass is 32.2. The molecule has 0 amide bonds. The van der Waals surface area contributed by atoms with E-state index in [4.69, 9.17) is 0 Å². The molecule has 0 saturated carbocycles. The average molecular weight is 423 g/mol. The molecule has 0 spiro atoms. The maximum atomic E-state index is 12.6. The first-order valence-corrected chi connectivity index (χ1v) is 12.2. The van der Waals surface area contributed by atoms with Crippen molar-refractivity contribution >= 4 is 25.7 Å². The Morgan fingerprint density at radius 2 is 1.29 bits per heavy atom. The van der Waals surface area contributed by atoms with E-state index in [0.29, 0.717) is 18.8 Å². The van der Waals surface area contributed by atoms with Gasteiger partial charge < -0.3 is 0 Å². The van der Waals surface area contributed by atoms with Gasteiger partial charge in [-0.05, 0) is 60.2 Å². The van der Waals surface area contributed by atoms with Crippen molar-refractivity contribution in [1.29, 1.82) is 0 Å². The second-order valence-corrected chi connectivity index (χ2v) is 11.6. The van der Waals surface area contributed by atoms with Gasteiger partial charge in [0.15, 0.2) is 0 Å². The Labute approximate surface area is 167 Å². The van der Waals surface area contributed by atoms with E-state index < -0.39 is 20.0 Å². The molecular formula is C20H26N2O4S2. The normalized spacial score (nSPS) is 16.2. The van der Waals surface area contributed by atoms with Gasteiger partial charge in [0.05, 0.1) is 9.79 Å². The van der Waals surface area contributed by atoms with Crippen LogP contribution in [0.25, 0.3) is 0 Å². The van der Waals surface area contributed by atoms with Gasteiger partial charge >= 0.3 is 0 Å². The largest absolute Gasteiger partial charge is 0.280 e. The maximum absolute atomic E-state index is 12.6. The molecule has 6 nitrogen and oxygen atoms in total. The summed E-state index contributed by atoms with van der Waals surface area (Å²) in [4.78, 5) is 0.334. The number of benzene rings is 2. The topological polar surface area (TPSA) is 83.5 Å². The van der Waals surface area contributed by atoms with Crippen LogP contribution in [0.4, 0.5) is 5.69 Å². The summed E-state index contributed by atoms with van der Waals surface area (Å²) in [6, 6.07) is 12.6. The molecule has 0 radical (unpaired) electrons. The number of rotatable bonds is 5. The Bertz CT molecular complexity index is 1030. The molecule has 1 saturated heterocycles. The number of hydrogen-bond acceptors (Lipinski definition) is 4. The fourth-order valence-electron chi connectivity index (χ4n) is 3.12. The second kappa shape index (κ2) is 7.50. The van der Waals surface area contributed by atoms with Crippen molar-refractivity contribution in [3.63, 3.8) is 0 Å². The van der Waals surface area contributed by atoms with Crippen LogP contribution in [0.2, 0.25) is 0 Å². The van der Waals surface area contributed by atoms with Crippen molar-refractivity contribution in [2.45, 2.75) is 48.8 Å². The lowest BCUT2D eigenvalue weighted by molar-refractivity contribution is 0.477. The molecule has 152 valence electrons. The molecule has 8 heteroatoms. The summed E-state index contributed by atoms with van der Waals surface area (Å²) in [7, 11) is -7.26. The van der Waals surface area contributed by atoms with Crippen LogP contribution in [-0.2, 0) is 25.5 Å². The monoisotopic (exact) mass is 422 g/mol. The van der Waals surface area contributed by atoms with Gasteiger partial charge in [0.2, 0.25) is 10.0 Å². The van der Waals surface area contributed by atoms with Crippen molar-refractivity contribution < 1.29 is 16.8 Å². The van der Waals surface area contributed by atoms with Crippen LogP contribution in [0.3, 0.4) is 0 Å². The van der Waals surface area contributed by atoms with Crippen LogP contribution in [0.5, 0.6) is 0 Å². The first kappa shape index (κ1) is 20.8. The standard InChI is InChI=1S/C20H26N2O4S2/c1-20(2,3)16-6-10-18(11-7-16)27(23,24)21-17-8-12-19(13-9-17)28(25,26)22-14-4-5-15-22/h6-13,21H,4-5,14-15H2,1-3H3. The van der Waals surface area contributed by atoms with E-state index in [1.807, 2.05) is 0 Å². The highest BCUT2D eigenvalue weighted by molar-refractivity contribution is 7.92. The van der Waals surface area contributed by atoms with Crippen molar-refractivity contribution in [2.75, 3.05) is 17.8 Å². The molecule has 0 unspecified atom stereocenters. The zero-order valence-electron chi connectivity index (χ0n) is 16.3. The minimum Gasteiger partial charge on any atom is -0.280 e. The van der Waals surface area contributed by atoms with Crippen LogP contribution >= 0.6 is 0 Å². The molecular weight excluding hydrogens is 396 g/mol. The molecule has 0 aliphatic carbocycles. The van der Waals surface area contributed by atoms with Gasteiger partial charge in [-0.25, -0.2) is 16.8 Å². The Hall–Kier alpha value is -1.90. The molecule has 3 rings (SSSR count). The number of nitrogens with one attached hydrogen (secondary N) is 1. The van der Waals surface area contributed by atoms with Crippen LogP contribution in [0, 0.1) is 0 Å². The van der Waals surface area contributed by atoms with Gasteiger partial charge in [0.25, 0.3) is 10.0 Å². The molecule has 1 heterocycles. The van der Waals surface area contributed by atoms with E-state index >= 15 is 0 Å². The minimum absolute atomic E-state index is 0.0631.